The Labute approximate surface area is 159 Å². The zero-order chi connectivity index (χ0) is 19.6. The van der Waals surface area contributed by atoms with Gasteiger partial charge in [-0.3, -0.25) is 0 Å². The molecule has 0 spiro atoms. The molecule has 2 aromatic rings. The molecule has 0 bridgehead atoms. The molecule has 0 aliphatic heterocycles. The molecule has 0 saturated carbocycles. The number of hydrogen-bond acceptors (Lipinski definition) is 6. The lowest BCUT2D eigenvalue weighted by Gasteiger charge is -2.32. The van der Waals surface area contributed by atoms with E-state index < -0.39 is 37.1 Å². The highest BCUT2D eigenvalue weighted by Crippen LogP contribution is 2.17. The smallest absolute Gasteiger partial charge is 0.115 e. The lowest BCUT2D eigenvalue weighted by atomic mass is 9.99. The summed E-state index contributed by atoms with van der Waals surface area (Å²) >= 11 is 0. The first-order chi connectivity index (χ1) is 13.0. The Morgan fingerprint density at radius 3 is 1.70 bits per heavy atom. The van der Waals surface area contributed by atoms with E-state index in [-0.39, 0.29) is 13.2 Å². The van der Waals surface area contributed by atoms with Gasteiger partial charge in [-0.1, -0.05) is 60.7 Å². The Morgan fingerprint density at radius 2 is 1.22 bits per heavy atom. The van der Waals surface area contributed by atoms with E-state index in [0.717, 1.165) is 11.1 Å². The Bertz CT molecular complexity index is 636. The molecule has 4 N–H and O–H groups in total. The van der Waals surface area contributed by atoms with Crippen LogP contribution in [-0.4, -0.2) is 57.6 Å². The molecule has 5 atom stereocenters. The van der Waals surface area contributed by atoms with Crippen molar-refractivity contribution in [3.63, 3.8) is 0 Å². The van der Waals surface area contributed by atoms with Gasteiger partial charge >= 0.3 is 0 Å². The largest absolute Gasteiger partial charge is 0.394 e. The van der Waals surface area contributed by atoms with Crippen LogP contribution in [-0.2, 0) is 22.7 Å². The number of aliphatic hydroxyl groups is 4. The van der Waals surface area contributed by atoms with Gasteiger partial charge in [-0.05, 0) is 18.1 Å². The molecular weight excluding hydrogens is 348 g/mol. The van der Waals surface area contributed by atoms with E-state index in [4.69, 9.17) is 9.47 Å². The second-order valence-electron chi connectivity index (χ2n) is 6.49. The summed E-state index contributed by atoms with van der Waals surface area (Å²) < 4.78 is 11.2. The molecule has 0 heterocycles. The molecule has 6 nitrogen and oxygen atoms in total. The number of ether oxygens (including phenoxy) is 2. The van der Waals surface area contributed by atoms with Gasteiger partial charge in [0.25, 0.3) is 0 Å². The summed E-state index contributed by atoms with van der Waals surface area (Å²) in [6.45, 7) is 1.45. The molecular formula is C21H28O6. The van der Waals surface area contributed by atoms with E-state index in [1.807, 2.05) is 60.7 Å². The Kier molecular flexibility index (Phi) is 8.87. The first-order valence-corrected chi connectivity index (χ1v) is 8.99. The molecule has 27 heavy (non-hydrogen) atoms. The van der Waals surface area contributed by atoms with Gasteiger partial charge in [0.2, 0.25) is 0 Å². The second kappa shape index (κ2) is 11.1. The molecule has 0 saturated heterocycles. The minimum Gasteiger partial charge on any atom is -0.394 e. The molecule has 0 aliphatic carbocycles. The quantitative estimate of drug-likeness (QED) is 0.471. The average molecular weight is 376 g/mol. The lowest BCUT2D eigenvalue weighted by Crippen LogP contribution is -2.51. The maximum Gasteiger partial charge on any atom is 0.115 e. The van der Waals surface area contributed by atoms with E-state index in [9.17, 15) is 20.4 Å². The first kappa shape index (κ1) is 21.5. The zero-order valence-electron chi connectivity index (χ0n) is 15.4. The van der Waals surface area contributed by atoms with Gasteiger partial charge in [-0.15, -0.1) is 0 Å². The van der Waals surface area contributed by atoms with Gasteiger partial charge < -0.3 is 29.9 Å². The van der Waals surface area contributed by atoms with E-state index in [1.54, 1.807) is 6.92 Å². The SMILES string of the molecule is C[C@H](OCc1ccccc1)[C@@H](O)[C@@H](O)[C@H](OCc1ccccc1)[C@H](O)CO. The van der Waals surface area contributed by atoms with Crippen LogP contribution < -0.4 is 0 Å². The molecule has 0 amide bonds. The Balaban J connectivity index is 1.94. The van der Waals surface area contributed by atoms with Crippen molar-refractivity contribution in [1.82, 2.24) is 0 Å². The minimum absolute atomic E-state index is 0.131. The lowest BCUT2D eigenvalue weighted by molar-refractivity contribution is -0.171. The third kappa shape index (κ3) is 6.70. The monoisotopic (exact) mass is 376 g/mol. The molecule has 148 valence electrons. The van der Waals surface area contributed by atoms with Crippen molar-refractivity contribution in [2.75, 3.05) is 6.61 Å². The molecule has 0 aromatic heterocycles. The molecule has 2 aromatic carbocycles. The highest BCUT2D eigenvalue weighted by molar-refractivity contribution is 5.14. The molecule has 0 fully saturated rings. The van der Waals surface area contributed by atoms with E-state index in [2.05, 4.69) is 0 Å². The first-order valence-electron chi connectivity index (χ1n) is 8.99. The second-order valence-corrected chi connectivity index (χ2v) is 6.49. The summed E-state index contributed by atoms with van der Waals surface area (Å²) in [6.07, 6.45) is -5.92. The fourth-order valence-electron chi connectivity index (χ4n) is 2.68. The third-order valence-electron chi connectivity index (χ3n) is 4.37. The number of rotatable bonds is 11. The highest BCUT2D eigenvalue weighted by Gasteiger charge is 2.35. The summed E-state index contributed by atoms with van der Waals surface area (Å²) in [5.41, 5.74) is 1.79. The van der Waals surface area contributed by atoms with E-state index in [0.29, 0.717) is 0 Å². The predicted molar refractivity (Wildman–Crippen MR) is 101 cm³/mol. The summed E-state index contributed by atoms with van der Waals surface area (Å²) in [7, 11) is 0. The van der Waals surface area contributed by atoms with Crippen LogP contribution in [0.25, 0.3) is 0 Å². The molecule has 0 radical (unpaired) electrons. The van der Waals surface area contributed by atoms with E-state index in [1.165, 1.54) is 0 Å². The number of aliphatic hydroxyl groups excluding tert-OH is 4. The average Bonchev–Trinajstić information content (AvgIpc) is 2.72. The molecule has 0 unspecified atom stereocenters. The highest BCUT2D eigenvalue weighted by atomic mass is 16.5. The van der Waals surface area contributed by atoms with Crippen molar-refractivity contribution in [3.8, 4) is 0 Å². The number of hydrogen-bond donors (Lipinski definition) is 4. The van der Waals surface area contributed by atoms with Crippen molar-refractivity contribution < 1.29 is 29.9 Å². The topological polar surface area (TPSA) is 99.4 Å². The van der Waals surface area contributed by atoms with Crippen LogP contribution in [0.15, 0.2) is 60.7 Å². The maximum absolute atomic E-state index is 10.5. The summed E-state index contributed by atoms with van der Waals surface area (Å²) in [5.74, 6) is 0. The summed E-state index contributed by atoms with van der Waals surface area (Å²) in [6, 6.07) is 18.7. The van der Waals surface area contributed by atoms with Crippen molar-refractivity contribution in [1.29, 1.82) is 0 Å². The fourth-order valence-corrected chi connectivity index (χ4v) is 2.68. The van der Waals surface area contributed by atoms with Crippen LogP contribution in [0.3, 0.4) is 0 Å². The van der Waals surface area contributed by atoms with Crippen molar-refractivity contribution in [3.05, 3.63) is 71.8 Å². The van der Waals surface area contributed by atoms with Gasteiger partial charge in [0.05, 0.1) is 25.9 Å². The van der Waals surface area contributed by atoms with Gasteiger partial charge in [0.15, 0.2) is 0 Å². The van der Waals surface area contributed by atoms with Crippen molar-refractivity contribution in [2.24, 2.45) is 0 Å². The van der Waals surface area contributed by atoms with Crippen LogP contribution in [0.2, 0.25) is 0 Å². The normalized spacial score (nSPS) is 17.1. The van der Waals surface area contributed by atoms with Crippen LogP contribution in [0, 0.1) is 0 Å². The summed E-state index contributed by atoms with van der Waals surface area (Å²) in [5, 5.41) is 40.2. The van der Waals surface area contributed by atoms with Crippen LogP contribution in [0.4, 0.5) is 0 Å². The van der Waals surface area contributed by atoms with Crippen molar-refractivity contribution in [2.45, 2.75) is 50.7 Å². The van der Waals surface area contributed by atoms with Crippen LogP contribution in [0.1, 0.15) is 18.1 Å². The van der Waals surface area contributed by atoms with Gasteiger partial charge in [-0.25, -0.2) is 0 Å². The Hall–Kier alpha value is -1.80. The van der Waals surface area contributed by atoms with Crippen molar-refractivity contribution >= 4 is 0 Å². The standard InChI is InChI=1S/C21H28O6/c1-15(26-13-16-8-4-2-5-9-16)19(24)20(25)21(18(23)12-22)27-14-17-10-6-3-7-11-17/h2-11,15,18-25H,12-14H2,1H3/t15-,18+,19+,20+,21+/m0/s1. The minimum atomic E-state index is -1.43. The number of benzene rings is 2. The van der Waals surface area contributed by atoms with Gasteiger partial charge in [-0.2, -0.15) is 0 Å². The third-order valence-corrected chi connectivity index (χ3v) is 4.37. The zero-order valence-corrected chi connectivity index (χ0v) is 15.4. The Morgan fingerprint density at radius 1 is 0.741 bits per heavy atom. The van der Waals surface area contributed by atoms with Gasteiger partial charge in [0.1, 0.15) is 24.4 Å². The maximum atomic E-state index is 10.5. The van der Waals surface area contributed by atoms with E-state index >= 15 is 0 Å². The molecule has 6 heteroatoms. The summed E-state index contributed by atoms with van der Waals surface area (Å²) in [4.78, 5) is 0. The van der Waals surface area contributed by atoms with Crippen LogP contribution in [0.5, 0.6) is 0 Å². The molecule has 0 aliphatic rings. The molecule has 2 rings (SSSR count). The van der Waals surface area contributed by atoms with Gasteiger partial charge in [0, 0.05) is 0 Å². The predicted octanol–water partition coefficient (Wildman–Crippen LogP) is 1.25. The van der Waals surface area contributed by atoms with Crippen LogP contribution >= 0.6 is 0 Å². The fraction of sp³-hybridized carbons (Fsp3) is 0.429.